The zero-order chi connectivity index (χ0) is 33.6. The molecule has 5 aromatic carbocycles. The normalized spacial score (nSPS) is 11.7. The second-order valence-corrected chi connectivity index (χ2v) is 13.5. The molecule has 2 aromatic heterocycles. The summed E-state index contributed by atoms with van der Waals surface area (Å²) in [6.45, 7) is 6.32. The highest BCUT2D eigenvalue weighted by Gasteiger charge is 2.26. The number of aromatic nitrogens is 3. The molecule has 0 N–H and O–H groups in total. The topological polar surface area (TPSA) is 38.7 Å². The van der Waals surface area contributed by atoms with Gasteiger partial charge in [-0.1, -0.05) is 97.6 Å². The highest BCUT2D eigenvalue weighted by atomic mass is 32.1. The molecule has 50 heavy (non-hydrogen) atoms. The van der Waals surface area contributed by atoms with Gasteiger partial charge < -0.3 is 0 Å². The fourth-order valence-electron chi connectivity index (χ4n) is 7.35. The molecule has 0 fully saturated rings. The fourth-order valence-corrected chi connectivity index (χ4v) is 8.62. The van der Waals surface area contributed by atoms with Crippen LogP contribution in [0.25, 0.3) is 92.9 Å². The number of allylic oxidation sites excluding steroid dienone is 2. The maximum Gasteiger partial charge on any atom is 0.0817 e. The monoisotopic (exact) mass is 657 g/mol. The van der Waals surface area contributed by atoms with Crippen LogP contribution in [0, 0.1) is 6.92 Å². The van der Waals surface area contributed by atoms with E-state index in [1.54, 1.807) is 0 Å². The van der Waals surface area contributed by atoms with Crippen LogP contribution in [0.4, 0.5) is 0 Å². The number of para-hydroxylation sites is 1. The Labute approximate surface area is 294 Å². The molecular weight excluding hydrogens is 627 g/mol. The van der Waals surface area contributed by atoms with Gasteiger partial charge in [0, 0.05) is 67.4 Å². The lowest BCUT2D eigenvalue weighted by Crippen LogP contribution is -1.98. The van der Waals surface area contributed by atoms with Gasteiger partial charge in [-0.2, -0.15) is 0 Å². The summed E-state index contributed by atoms with van der Waals surface area (Å²) in [7, 11) is 0. The van der Waals surface area contributed by atoms with Crippen LogP contribution >= 0.6 is 11.3 Å². The molecular formula is C46H31N3S. The molecule has 0 amide bonds. The zero-order valence-electron chi connectivity index (χ0n) is 27.5. The van der Waals surface area contributed by atoms with E-state index in [-0.39, 0.29) is 0 Å². The third-order valence-corrected chi connectivity index (χ3v) is 10.8. The van der Waals surface area contributed by atoms with Crippen LogP contribution in [0.5, 0.6) is 0 Å². The molecule has 0 saturated carbocycles. The van der Waals surface area contributed by atoms with E-state index < -0.39 is 0 Å². The first-order valence-corrected chi connectivity index (χ1v) is 17.5. The first-order valence-electron chi connectivity index (χ1n) is 16.7. The van der Waals surface area contributed by atoms with Crippen molar-refractivity contribution in [3.63, 3.8) is 0 Å². The molecule has 0 bridgehead atoms. The molecule has 236 valence electrons. The smallest absolute Gasteiger partial charge is 0.0817 e. The van der Waals surface area contributed by atoms with Crippen molar-refractivity contribution in [1.82, 2.24) is 15.0 Å². The van der Waals surface area contributed by atoms with Gasteiger partial charge in [-0.25, -0.2) is 4.98 Å². The Morgan fingerprint density at radius 1 is 0.580 bits per heavy atom. The van der Waals surface area contributed by atoms with Crippen molar-refractivity contribution in [2.45, 2.75) is 6.92 Å². The number of pyridine rings is 2. The summed E-state index contributed by atoms with van der Waals surface area (Å²) < 4.78 is 1.22. The molecule has 3 nitrogen and oxygen atoms in total. The Kier molecular flexibility index (Phi) is 7.37. The molecule has 0 unspecified atom stereocenters. The van der Waals surface area contributed by atoms with Crippen molar-refractivity contribution in [2.24, 2.45) is 0 Å². The molecule has 0 saturated heterocycles. The maximum absolute atomic E-state index is 5.23. The molecule has 0 radical (unpaired) electrons. The van der Waals surface area contributed by atoms with Crippen LogP contribution in [0.15, 0.2) is 159 Å². The first-order chi connectivity index (χ1) is 24.7. The van der Waals surface area contributed by atoms with E-state index in [1.807, 2.05) is 54.3 Å². The van der Waals surface area contributed by atoms with Crippen LogP contribution in [0.1, 0.15) is 11.1 Å². The molecule has 0 aliphatic carbocycles. The summed E-state index contributed by atoms with van der Waals surface area (Å²) in [6, 6.07) is 41.1. The lowest BCUT2D eigenvalue weighted by atomic mass is 9.83. The Morgan fingerprint density at radius 2 is 1.18 bits per heavy atom. The highest BCUT2D eigenvalue weighted by Crippen LogP contribution is 2.52. The second-order valence-electron chi connectivity index (χ2n) is 12.5. The van der Waals surface area contributed by atoms with Gasteiger partial charge in [0.15, 0.2) is 0 Å². The molecule has 9 rings (SSSR count). The molecule has 2 aliphatic heterocycles. The first kappa shape index (κ1) is 29.9. The Bertz CT molecular complexity index is 2670. The molecule has 4 heterocycles. The number of rotatable bonds is 6. The van der Waals surface area contributed by atoms with Crippen molar-refractivity contribution in [2.75, 3.05) is 0 Å². The van der Waals surface area contributed by atoms with E-state index in [0.717, 1.165) is 39.0 Å². The summed E-state index contributed by atoms with van der Waals surface area (Å²) in [4.78, 5) is 15.4. The fraction of sp³-hybridized carbons (Fsp3) is 0.0217. The highest BCUT2D eigenvalue weighted by molar-refractivity contribution is 7.22. The minimum atomic E-state index is 1.02. The van der Waals surface area contributed by atoms with Crippen LogP contribution in [-0.2, 0) is 0 Å². The average molecular weight is 658 g/mol. The predicted octanol–water partition coefficient (Wildman–Crippen LogP) is 12.7. The number of hydrogen-bond acceptors (Lipinski definition) is 4. The predicted molar refractivity (Wildman–Crippen MR) is 213 cm³/mol. The van der Waals surface area contributed by atoms with E-state index in [2.05, 4.69) is 139 Å². The molecule has 2 aliphatic rings. The molecule has 4 heteroatoms. The number of nitrogens with zero attached hydrogens (tertiary/aromatic N) is 3. The van der Waals surface area contributed by atoms with Gasteiger partial charge in [0.25, 0.3) is 0 Å². The summed E-state index contributed by atoms with van der Waals surface area (Å²) in [6.07, 6.45) is 13.7. The van der Waals surface area contributed by atoms with Crippen LogP contribution in [0.3, 0.4) is 0 Å². The minimum absolute atomic E-state index is 1.02. The Morgan fingerprint density at radius 3 is 1.84 bits per heavy atom. The summed E-state index contributed by atoms with van der Waals surface area (Å²) in [5, 5.41) is 4.76. The summed E-state index contributed by atoms with van der Waals surface area (Å²) in [5.74, 6) is 0. The van der Waals surface area contributed by atoms with Crippen molar-refractivity contribution < 1.29 is 0 Å². The molecule has 0 spiro atoms. The average Bonchev–Trinajstić information content (AvgIpc) is 3.57. The minimum Gasteiger partial charge on any atom is -0.264 e. The van der Waals surface area contributed by atoms with Gasteiger partial charge in [0.05, 0.1) is 11.2 Å². The quantitative estimate of drug-likeness (QED) is 0.167. The molecule has 7 aromatic rings. The van der Waals surface area contributed by atoms with E-state index in [9.17, 15) is 0 Å². The summed E-state index contributed by atoms with van der Waals surface area (Å²) >= 11 is 1.85. The molecule has 0 atom stereocenters. The van der Waals surface area contributed by atoms with E-state index in [4.69, 9.17) is 4.98 Å². The van der Waals surface area contributed by atoms with Gasteiger partial charge in [0.1, 0.15) is 0 Å². The van der Waals surface area contributed by atoms with Gasteiger partial charge >= 0.3 is 0 Å². The van der Waals surface area contributed by atoms with Gasteiger partial charge in [-0.15, -0.1) is 11.3 Å². The van der Waals surface area contributed by atoms with Crippen molar-refractivity contribution in [3.05, 3.63) is 170 Å². The number of fused-ring (bicyclic) bond motifs is 6. The Balaban J connectivity index is 1.41. The van der Waals surface area contributed by atoms with Gasteiger partial charge in [-0.05, 0) is 93.5 Å². The SMILES string of the molecule is C=C/C=C\c1c(C)c(-c2cc(-c3cccnc3)cc(-c3cccnc3)c2)c2ccccc2c1-c1sc2ccccc2c2nc3ccccc3c1-2. The number of hydrogen-bond donors (Lipinski definition) is 0. The van der Waals surface area contributed by atoms with Crippen molar-refractivity contribution in [1.29, 1.82) is 0 Å². The largest absolute Gasteiger partial charge is 0.264 e. The van der Waals surface area contributed by atoms with E-state index in [1.165, 1.54) is 58.9 Å². The van der Waals surface area contributed by atoms with Crippen molar-refractivity contribution >= 4 is 49.2 Å². The maximum atomic E-state index is 5.23. The third-order valence-electron chi connectivity index (χ3n) is 9.58. The lowest BCUT2D eigenvalue weighted by Gasteiger charge is -2.22. The Hall–Kier alpha value is -6.23. The third kappa shape index (κ3) is 4.92. The van der Waals surface area contributed by atoms with Crippen molar-refractivity contribution in [3.8, 4) is 55.1 Å². The summed E-state index contributed by atoms with van der Waals surface area (Å²) in [5.41, 5.74) is 13.6. The second kappa shape index (κ2) is 12.3. The van der Waals surface area contributed by atoms with Gasteiger partial charge in [0.2, 0.25) is 0 Å². The van der Waals surface area contributed by atoms with Crippen LogP contribution in [-0.4, -0.2) is 15.0 Å². The standard InChI is InChI=1S/C46H31N3S/c1-3-4-15-35-29(2)42(34-25-32(30-13-11-22-47-27-30)24-33(26-34)31-14-12-23-48-28-31)36-16-5-6-17-37(36)43(35)46-44-38-18-7-9-20-40(38)49-45(44)39-19-8-10-21-41(39)50-46/h3-28H,1H2,2H3/b15-4-. The van der Waals surface area contributed by atoms with E-state index >= 15 is 0 Å². The van der Waals surface area contributed by atoms with Crippen LogP contribution < -0.4 is 0 Å². The zero-order valence-corrected chi connectivity index (χ0v) is 28.3. The lowest BCUT2D eigenvalue weighted by molar-refractivity contribution is 1.32. The van der Waals surface area contributed by atoms with Gasteiger partial charge in [-0.3, -0.25) is 9.97 Å². The number of benzene rings is 5. The van der Waals surface area contributed by atoms with Crippen LogP contribution in [0.2, 0.25) is 0 Å². The van der Waals surface area contributed by atoms with E-state index in [0.29, 0.717) is 0 Å².